The van der Waals surface area contributed by atoms with Gasteiger partial charge in [0.2, 0.25) is 11.8 Å². The van der Waals surface area contributed by atoms with Gasteiger partial charge in [0.25, 0.3) is 5.91 Å². The van der Waals surface area contributed by atoms with Crippen molar-refractivity contribution in [1.29, 1.82) is 0 Å². The summed E-state index contributed by atoms with van der Waals surface area (Å²) in [7, 11) is 0. The molecule has 1 spiro atoms. The fourth-order valence-electron chi connectivity index (χ4n) is 8.53. The third-order valence-electron chi connectivity index (χ3n) is 11.0. The van der Waals surface area contributed by atoms with E-state index in [1.54, 1.807) is 14.7 Å². The largest absolute Gasteiger partial charge is 0.494 e. The smallest absolute Gasteiger partial charge is 0.253 e. The number of benzene rings is 2. The van der Waals surface area contributed by atoms with E-state index in [9.17, 15) is 19.5 Å². The van der Waals surface area contributed by atoms with Crippen LogP contribution in [0.3, 0.4) is 0 Å². The van der Waals surface area contributed by atoms with Crippen molar-refractivity contribution in [2.24, 2.45) is 11.8 Å². The van der Waals surface area contributed by atoms with Crippen LogP contribution in [-0.2, 0) is 19.1 Å². The summed E-state index contributed by atoms with van der Waals surface area (Å²) in [6, 6.07) is 14.5. The number of anilines is 3. The van der Waals surface area contributed by atoms with Gasteiger partial charge in [-0.3, -0.25) is 14.4 Å². The zero-order valence-corrected chi connectivity index (χ0v) is 29.9. The predicted molar refractivity (Wildman–Crippen MR) is 195 cm³/mol. The number of hydrogen-bond donors (Lipinski definition) is 1. The van der Waals surface area contributed by atoms with Crippen LogP contribution in [0.15, 0.2) is 72.8 Å². The van der Waals surface area contributed by atoms with Crippen LogP contribution in [0.5, 0.6) is 5.75 Å². The molecule has 0 aliphatic carbocycles. The summed E-state index contributed by atoms with van der Waals surface area (Å²) in [5.41, 5.74) is 0.165. The molecule has 4 heterocycles. The van der Waals surface area contributed by atoms with E-state index >= 15 is 0 Å². The lowest BCUT2D eigenvalue weighted by molar-refractivity contribution is -0.145. The Morgan fingerprint density at radius 2 is 1.40 bits per heavy atom. The van der Waals surface area contributed by atoms with E-state index in [-0.39, 0.29) is 24.3 Å². The summed E-state index contributed by atoms with van der Waals surface area (Å²) >= 11 is 0. The molecule has 1 N–H and O–H groups in total. The lowest BCUT2D eigenvalue weighted by Crippen LogP contribution is -2.56. The van der Waals surface area contributed by atoms with Gasteiger partial charge in [0.1, 0.15) is 17.4 Å². The minimum atomic E-state index is -1.32. The highest BCUT2D eigenvalue weighted by atomic mass is 16.5. The Morgan fingerprint density at radius 1 is 0.780 bits per heavy atom. The molecule has 0 aromatic heterocycles. The second-order valence-electron chi connectivity index (χ2n) is 13.6. The third kappa shape index (κ3) is 6.10. The number of amides is 3. The molecule has 4 aliphatic heterocycles. The van der Waals surface area contributed by atoms with Crippen LogP contribution < -0.4 is 19.4 Å². The van der Waals surface area contributed by atoms with Gasteiger partial charge in [0.05, 0.1) is 24.0 Å². The topological polar surface area (TPSA) is 103 Å². The molecule has 0 radical (unpaired) electrons. The van der Waals surface area contributed by atoms with Crippen molar-refractivity contribution in [3.8, 4) is 5.75 Å². The summed E-state index contributed by atoms with van der Waals surface area (Å²) < 4.78 is 12.8. The molecule has 1 unspecified atom stereocenters. The van der Waals surface area contributed by atoms with Crippen LogP contribution in [0.25, 0.3) is 0 Å². The Kier molecular flexibility index (Phi) is 10.7. The van der Waals surface area contributed by atoms with Crippen LogP contribution in [0.4, 0.5) is 17.1 Å². The minimum absolute atomic E-state index is 0.122. The number of ether oxygens (including phenoxy) is 2. The molecule has 50 heavy (non-hydrogen) atoms. The molecule has 0 bridgehead atoms. The first-order valence-corrected chi connectivity index (χ1v) is 18.5. The zero-order chi connectivity index (χ0) is 35.5. The van der Waals surface area contributed by atoms with Crippen molar-refractivity contribution in [3.63, 3.8) is 0 Å². The highest BCUT2D eigenvalue weighted by Crippen LogP contribution is 2.59. The molecule has 2 aromatic carbocycles. The van der Waals surface area contributed by atoms with E-state index < -0.39 is 29.1 Å². The molecular formula is C40H52N4O6. The Bertz CT molecular complexity index is 1590. The van der Waals surface area contributed by atoms with E-state index in [2.05, 4.69) is 18.7 Å². The number of aliphatic hydroxyl groups excluding tert-OH is 1. The molecule has 2 fully saturated rings. The van der Waals surface area contributed by atoms with Gasteiger partial charge in [-0.25, -0.2) is 0 Å². The van der Waals surface area contributed by atoms with Crippen molar-refractivity contribution in [1.82, 2.24) is 4.90 Å². The van der Waals surface area contributed by atoms with Crippen LogP contribution in [0, 0.1) is 11.8 Å². The standard InChI is InChI=1S/C40H52N4O6/c1-5-39-23-13-26-42(31-19-21-32(22-20-31)49-8-4)36(46)33(39)34-37(47)44(25-11-9-10-12-28-45)35-38(48)43(27-14-24-40(34,35)50-39)30-17-15-29(16-18-30)41(6-2)7-3/h13-24,33-35,45H,5-12,25-28H2,1-4H3/t33-,34-,35?,39+,40-/m0/s1. The lowest BCUT2D eigenvalue weighted by atomic mass is 9.73. The molecule has 10 nitrogen and oxygen atoms in total. The highest BCUT2D eigenvalue weighted by molar-refractivity contribution is 6.07. The third-order valence-corrected chi connectivity index (χ3v) is 11.0. The van der Waals surface area contributed by atoms with Crippen molar-refractivity contribution in [3.05, 3.63) is 72.8 Å². The summed E-state index contributed by atoms with van der Waals surface area (Å²) in [6.07, 6.45) is 11.3. The van der Waals surface area contributed by atoms with Crippen LogP contribution >= 0.6 is 0 Å². The number of carbonyl (C=O) groups is 3. The van der Waals surface area contributed by atoms with Crippen molar-refractivity contribution in [2.75, 3.05) is 60.6 Å². The maximum Gasteiger partial charge on any atom is 0.253 e. The first kappa shape index (κ1) is 35.7. The van der Waals surface area contributed by atoms with E-state index in [0.29, 0.717) is 51.2 Å². The van der Waals surface area contributed by atoms with Gasteiger partial charge in [0.15, 0.2) is 0 Å². The number of carbonyl (C=O) groups excluding carboxylic acids is 3. The van der Waals surface area contributed by atoms with Gasteiger partial charge >= 0.3 is 0 Å². The Labute approximate surface area is 296 Å². The number of unbranched alkanes of at least 4 members (excludes halogenated alkanes) is 3. The van der Waals surface area contributed by atoms with E-state index in [1.165, 1.54) is 0 Å². The SMILES string of the molecule is CCOc1ccc(N2CC=C[C@@]3(CC)O[C@]45C=CCN(c6ccc(N(CC)CC)cc6)C(=O)C4N(CCCCCCO)C(=O)[C@@H]5[C@H]3C2=O)cc1. The number of nitrogens with zero attached hydrogens (tertiary/aromatic N) is 4. The fourth-order valence-corrected chi connectivity index (χ4v) is 8.53. The van der Waals surface area contributed by atoms with Crippen LogP contribution in [0.1, 0.15) is 59.8 Å². The summed E-state index contributed by atoms with van der Waals surface area (Å²) in [5, 5.41) is 9.32. The van der Waals surface area contributed by atoms with Crippen molar-refractivity contribution in [2.45, 2.75) is 77.0 Å². The molecule has 3 amide bonds. The molecule has 2 saturated heterocycles. The van der Waals surface area contributed by atoms with Crippen LogP contribution in [0.2, 0.25) is 0 Å². The highest BCUT2D eigenvalue weighted by Gasteiger charge is 2.75. The lowest BCUT2D eigenvalue weighted by Gasteiger charge is -2.38. The van der Waals surface area contributed by atoms with Gasteiger partial charge in [-0.15, -0.1) is 0 Å². The summed E-state index contributed by atoms with van der Waals surface area (Å²) in [4.78, 5) is 52.1. The van der Waals surface area contributed by atoms with E-state index in [4.69, 9.17) is 9.47 Å². The first-order chi connectivity index (χ1) is 24.3. The normalized spacial score (nSPS) is 27.3. The molecular weight excluding hydrogens is 632 g/mol. The minimum Gasteiger partial charge on any atom is -0.494 e. The molecule has 268 valence electrons. The van der Waals surface area contributed by atoms with Gasteiger partial charge < -0.3 is 34.2 Å². The Balaban J connectivity index is 1.39. The Hall–Kier alpha value is -4.15. The number of fused-ring (bicyclic) bond motifs is 2. The maximum absolute atomic E-state index is 14.9. The Morgan fingerprint density at radius 3 is 2.02 bits per heavy atom. The quantitative estimate of drug-likeness (QED) is 0.212. The maximum atomic E-state index is 14.9. The number of likely N-dealkylation sites (tertiary alicyclic amines) is 1. The number of hydrogen-bond acceptors (Lipinski definition) is 7. The second-order valence-corrected chi connectivity index (χ2v) is 13.6. The number of aliphatic hydroxyl groups is 1. The zero-order valence-electron chi connectivity index (χ0n) is 29.9. The summed E-state index contributed by atoms with van der Waals surface area (Å²) in [5.74, 6) is -1.60. The molecule has 6 rings (SSSR count). The average Bonchev–Trinajstić information content (AvgIpc) is 3.41. The predicted octanol–water partition coefficient (Wildman–Crippen LogP) is 5.35. The van der Waals surface area contributed by atoms with E-state index in [0.717, 1.165) is 43.1 Å². The van der Waals surface area contributed by atoms with Gasteiger partial charge in [0, 0.05) is 56.4 Å². The average molecular weight is 685 g/mol. The fraction of sp³-hybridized carbons (Fsp3) is 0.525. The van der Waals surface area contributed by atoms with Gasteiger partial charge in [-0.05, 0) is 88.6 Å². The molecule has 2 aromatic rings. The molecule has 4 aliphatic rings. The first-order valence-electron chi connectivity index (χ1n) is 18.5. The molecule has 10 heteroatoms. The van der Waals surface area contributed by atoms with Gasteiger partial charge in [-0.2, -0.15) is 0 Å². The monoisotopic (exact) mass is 684 g/mol. The van der Waals surface area contributed by atoms with Crippen LogP contribution in [-0.4, -0.2) is 90.9 Å². The van der Waals surface area contributed by atoms with Gasteiger partial charge in [-0.1, -0.05) is 44.1 Å². The van der Waals surface area contributed by atoms with Crippen molar-refractivity contribution >= 4 is 34.8 Å². The second kappa shape index (κ2) is 15.0. The molecule has 0 saturated carbocycles. The van der Waals surface area contributed by atoms with Crippen molar-refractivity contribution < 1.29 is 29.0 Å². The summed E-state index contributed by atoms with van der Waals surface area (Å²) in [6.45, 7) is 11.6. The molecule has 5 atom stereocenters. The van der Waals surface area contributed by atoms with E-state index in [1.807, 2.05) is 86.7 Å². The number of rotatable bonds is 14.